The summed E-state index contributed by atoms with van der Waals surface area (Å²) < 4.78 is 0. The number of benzene rings is 1. The molecule has 1 N–H and O–H groups in total. The lowest BCUT2D eigenvalue weighted by molar-refractivity contribution is 0.238. The van der Waals surface area contributed by atoms with Crippen LogP contribution in [0.3, 0.4) is 0 Å². The van der Waals surface area contributed by atoms with E-state index >= 15 is 0 Å². The van der Waals surface area contributed by atoms with Crippen LogP contribution in [-0.2, 0) is 0 Å². The molecular weight excluding hydrogens is 172 g/mol. The number of aliphatic hydroxyl groups is 1. The average Bonchev–Trinajstić information content (AvgIpc) is 2.15. The largest absolute Gasteiger partial charge is 0.376 e. The van der Waals surface area contributed by atoms with Crippen LogP contribution in [0.25, 0.3) is 0 Å². The van der Waals surface area contributed by atoms with Gasteiger partial charge in [-0.3, -0.25) is 0 Å². The molecule has 14 heavy (non-hydrogen) atoms. The van der Waals surface area contributed by atoms with Crippen molar-refractivity contribution in [1.82, 2.24) is 0 Å². The molecule has 0 saturated carbocycles. The van der Waals surface area contributed by atoms with Gasteiger partial charge in [-0.05, 0) is 25.0 Å². The Labute approximate surface area is 85.1 Å². The normalized spacial score (nSPS) is 11.4. The molecule has 1 aromatic rings. The SMILES string of the molecule is C=C(C)C#CC(O)c1ccc(C)cc1. The molecule has 0 aliphatic heterocycles. The van der Waals surface area contributed by atoms with Crippen molar-refractivity contribution in [3.8, 4) is 11.8 Å². The Bertz CT molecular complexity index is 376. The Morgan fingerprint density at radius 3 is 2.43 bits per heavy atom. The second-order valence-electron chi connectivity index (χ2n) is 3.36. The molecule has 0 aromatic heterocycles. The number of aryl methyl sites for hydroxylation is 1. The van der Waals surface area contributed by atoms with E-state index in [1.807, 2.05) is 38.1 Å². The van der Waals surface area contributed by atoms with Crippen LogP contribution in [0, 0.1) is 18.8 Å². The first kappa shape index (κ1) is 10.6. The highest BCUT2D eigenvalue weighted by Gasteiger charge is 2.01. The summed E-state index contributed by atoms with van der Waals surface area (Å²) in [5.41, 5.74) is 2.76. The van der Waals surface area contributed by atoms with Crippen LogP contribution >= 0.6 is 0 Å². The second-order valence-corrected chi connectivity index (χ2v) is 3.36. The first-order chi connectivity index (χ1) is 6.59. The van der Waals surface area contributed by atoms with E-state index in [1.54, 1.807) is 0 Å². The molecule has 1 atom stereocenters. The van der Waals surface area contributed by atoms with Gasteiger partial charge in [0.25, 0.3) is 0 Å². The lowest BCUT2D eigenvalue weighted by Crippen LogP contribution is -1.93. The summed E-state index contributed by atoms with van der Waals surface area (Å²) in [4.78, 5) is 0. The molecule has 1 unspecified atom stereocenters. The molecule has 1 rings (SSSR count). The minimum atomic E-state index is -0.715. The van der Waals surface area contributed by atoms with Crippen molar-refractivity contribution in [2.75, 3.05) is 0 Å². The van der Waals surface area contributed by atoms with E-state index in [1.165, 1.54) is 5.56 Å². The van der Waals surface area contributed by atoms with E-state index in [2.05, 4.69) is 18.4 Å². The van der Waals surface area contributed by atoms with Gasteiger partial charge in [0.2, 0.25) is 0 Å². The maximum absolute atomic E-state index is 9.65. The molecule has 0 radical (unpaired) electrons. The highest BCUT2D eigenvalue weighted by atomic mass is 16.3. The predicted octanol–water partition coefficient (Wildman–Crippen LogP) is 2.61. The zero-order chi connectivity index (χ0) is 10.6. The van der Waals surface area contributed by atoms with Crippen LogP contribution in [0.2, 0.25) is 0 Å². The highest BCUT2D eigenvalue weighted by molar-refractivity contribution is 5.32. The van der Waals surface area contributed by atoms with Crippen molar-refractivity contribution < 1.29 is 5.11 Å². The average molecular weight is 186 g/mol. The molecule has 0 bridgehead atoms. The smallest absolute Gasteiger partial charge is 0.140 e. The van der Waals surface area contributed by atoms with Gasteiger partial charge in [0.15, 0.2) is 0 Å². The lowest BCUT2D eigenvalue weighted by atomic mass is 10.1. The maximum atomic E-state index is 9.65. The van der Waals surface area contributed by atoms with Crippen LogP contribution in [-0.4, -0.2) is 5.11 Å². The minimum absolute atomic E-state index is 0.715. The van der Waals surface area contributed by atoms with Crippen molar-refractivity contribution in [1.29, 1.82) is 0 Å². The second kappa shape index (κ2) is 4.64. The summed E-state index contributed by atoms with van der Waals surface area (Å²) in [6.45, 7) is 7.47. The zero-order valence-corrected chi connectivity index (χ0v) is 8.54. The molecule has 0 heterocycles. The minimum Gasteiger partial charge on any atom is -0.376 e. The van der Waals surface area contributed by atoms with Gasteiger partial charge in [-0.1, -0.05) is 48.2 Å². The Hall–Kier alpha value is -1.52. The molecule has 0 amide bonds. The maximum Gasteiger partial charge on any atom is 0.140 e. The third-order valence-electron chi connectivity index (χ3n) is 1.82. The van der Waals surface area contributed by atoms with Gasteiger partial charge >= 0.3 is 0 Å². The van der Waals surface area contributed by atoms with Crippen molar-refractivity contribution in [2.24, 2.45) is 0 Å². The Kier molecular flexibility index (Phi) is 3.50. The van der Waals surface area contributed by atoms with E-state index in [0.29, 0.717) is 0 Å². The molecule has 72 valence electrons. The molecule has 0 fully saturated rings. The van der Waals surface area contributed by atoms with Crippen molar-refractivity contribution >= 4 is 0 Å². The van der Waals surface area contributed by atoms with Crippen LogP contribution < -0.4 is 0 Å². The van der Waals surface area contributed by atoms with Gasteiger partial charge in [0, 0.05) is 0 Å². The summed E-state index contributed by atoms with van der Waals surface area (Å²) in [7, 11) is 0. The van der Waals surface area contributed by atoms with Crippen molar-refractivity contribution in [3.63, 3.8) is 0 Å². The van der Waals surface area contributed by atoms with E-state index in [4.69, 9.17) is 0 Å². The predicted molar refractivity (Wildman–Crippen MR) is 58.7 cm³/mol. The molecule has 1 heteroatoms. The molecule has 0 spiro atoms. The number of hydrogen-bond acceptors (Lipinski definition) is 1. The zero-order valence-electron chi connectivity index (χ0n) is 8.54. The Morgan fingerprint density at radius 1 is 1.36 bits per heavy atom. The fourth-order valence-electron chi connectivity index (χ4n) is 1.02. The fraction of sp³-hybridized carbons (Fsp3) is 0.231. The summed E-state index contributed by atoms with van der Waals surface area (Å²) >= 11 is 0. The number of allylic oxidation sites excluding steroid dienone is 1. The van der Waals surface area contributed by atoms with Gasteiger partial charge in [0.05, 0.1) is 0 Å². The molecular formula is C13H14O. The number of hydrogen-bond donors (Lipinski definition) is 1. The van der Waals surface area contributed by atoms with Crippen molar-refractivity contribution in [3.05, 3.63) is 47.5 Å². The lowest BCUT2D eigenvalue weighted by Gasteiger charge is -2.03. The fourth-order valence-corrected chi connectivity index (χ4v) is 1.02. The number of aliphatic hydroxyl groups excluding tert-OH is 1. The van der Waals surface area contributed by atoms with Gasteiger partial charge in [-0.2, -0.15) is 0 Å². The summed E-state index contributed by atoms with van der Waals surface area (Å²) in [5.74, 6) is 5.49. The third kappa shape index (κ3) is 3.08. The Morgan fingerprint density at radius 2 is 1.93 bits per heavy atom. The van der Waals surface area contributed by atoms with Gasteiger partial charge < -0.3 is 5.11 Å². The quantitative estimate of drug-likeness (QED) is 0.668. The first-order valence-electron chi connectivity index (χ1n) is 4.51. The summed E-state index contributed by atoms with van der Waals surface area (Å²) in [5, 5.41) is 9.65. The van der Waals surface area contributed by atoms with Crippen LogP contribution in [0.1, 0.15) is 24.2 Å². The van der Waals surface area contributed by atoms with E-state index < -0.39 is 6.10 Å². The van der Waals surface area contributed by atoms with Gasteiger partial charge in [-0.15, -0.1) is 0 Å². The molecule has 1 nitrogen and oxygen atoms in total. The van der Waals surface area contributed by atoms with E-state index in [0.717, 1.165) is 11.1 Å². The first-order valence-corrected chi connectivity index (χ1v) is 4.51. The van der Waals surface area contributed by atoms with Crippen LogP contribution in [0.5, 0.6) is 0 Å². The van der Waals surface area contributed by atoms with Gasteiger partial charge in [0.1, 0.15) is 6.10 Å². The number of rotatable bonds is 1. The molecule has 0 saturated heterocycles. The van der Waals surface area contributed by atoms with Crippen molar-refractivity contribution in [2.45, 2.75) is 20.0 Å². The molecule has 1 aromatic carbocycles. The topological polar surface area (TPSA) is 20.2 Å². The Balaban J connectivity index is 2.81. The van der Waals surface area contributed by atoms with Crippen LogP contribution in [0.4, 0.5) is 0 Å². The monoisotopic (exact) mass is 186 g/mol. The molecule has 0 aliphatic rings. The van der Waals surface area contributed by atoms with E-state index in [9.17, 15) is 5.11 Å². The summed E-state index contributed by atoms with van der Waals surface area (Å²) in [6.07, 6.45) is -0.715. The molecule has 0 aliphatic carbocycles. The standard InChI is InChI=1S/C13H14O/c1-10(2)4-9-13(14)12-7-5-11(3)6-8-12/h5-8,13-14H,1H2,2-3H3. The van der Waals surface area contributed by atoms with E-state index in [-0.39, 0.29) is 0 Å². The van der Waals surface area contributed by atoms with Gasteiger partial charge in [-0.25, -0.2) is 0 Å². The highest BCUT2D eigenvalue weighted by Crippen LogP contribution is 2.12. The van der Waals surface area contributed by atoms with Crippen LogP contribution in [0.15, 0.2) is 36.4 Å². The summed E-state index contributed by atoms with van der Waals surface area (Å²) in [6, 6.07) is 7.68. The third-order valence-corrected chi connectivity index (χ3v) is 1.82.